The van der Waals surface area contributed by atoms with E-state index in [1.54, 1.807) is 17.7 Å². The van der Waals surface area contributed by atoms with Crippen molar-refractivity contribution in [1.82, 2.24) is 9.97 Å². The summed E-state index contributed by atoms with van der Waals surface area (Å²) in [5, 5.41) is 6.47. The van der Waals surface area contributed by atoms with E-state index in [1.807, 2.05) is 29.6 Å². The van der Waals surface area contributed by atoms with E-state index in [0.29, 0.717) is 6.54 Å². The molecule has 0 spiro atoms. The molecule has 2 aromatic heterocycles. The summed E-state index contributed by atoms with van der Waals surface area (Å²) < 4.78 is 0. The number of nitrogens with two attached hydrogens (primary N) is 1. The highest BCUT2D eigenvalue weighted by Crippen LogP contribution is 2.26. The van der Waals surface area contributed by atoms with Crippen molar-refractivity contribution in [3.63, 3.8) is 0 Å². The summed E-state index contributed by atoms with van der Waals surface area (Å²) in [6.07, 6.45) is 1.58. The summed E-state index contributed by atoms with van der Waals surface area (Å²) in [6.45, 7) is 0.514. The second-order valence-electron chi connectivity index (χ2n) is 4.21. The number of benzene rings is 1. The number of hydrogen-bond acceptors (Lipinski definition) is 5. The van der Waals surface area contributed by atoms with Gasteiger partial charge >= 0.3 is 0 Å². The molecule has 1 unspecified atom stereocenters. The number of aromatic nitrogens is 2. The molecule has 0 bridgehead atoms. The Morgan fingerprint density at radius 1 is 1.16 bits per heavy atom. The minimum atomic E-state index is 0.0548. The molecule has 3 rings (SSSR count). The molecule has 0 saturated heterocycles. The van der Waals surface area contributed by atoms with Crippen LogP contribution in [0.25, 0.3) is 10.2 Å². The normalized spacial score (nSPS) is 12.5. The maximum atomic E-state index is 5.87. The molecule has 5 heteroatoms. The fourth-order valence-corrected chi connectivity index (χ4v) is 2.77. The Bertz CT molecular complexity index is 665. The lowest BCUT2D eigenvalue weighted by Crippen LogP contribution is -2.21. The van der Waals surface area contributed by atoms with Gasteiger partial charge in [0.2, 0.25) is 0 Å². The number of anilines is 1. The Balaban J connectivity index is 1.93. The Hall–Kier alpha value is -1.98. The molecular formula is C14H14N4S. The third-order valence-electron chi connectivity index (χ3n) is 3.01. The number of rotatable bonds is 4. The van der Waals surface area contributed by atoms with Gasteiger partial charge in [-0.2, -0.15) is 0 Å². The summed E-state index contributed by atoms with van der Waals surface area (Å²) >= 11 is 1.61. The van der Waals surface area contributed by atoms with Crippen LogP contribution in [0.2, 0.25) is 0 Å². The van der Waals surface area contributed by atoms with E-state index in [1.165, 1.54) is 0 Å². The Kier molecular flexibility index (Phi) is 3.39. The van der Waals surface area contributed by atoms with Crippen molar-refractivity contribution in [3.05, 3.63) is 53.7 Å². The van der Waals surface area contributed by atoms with E-state index in [-0.39, 0.29) is 6.04 Å². The van der Waals surface area contributed by atoms with E-state index in [4.69, 9.17) is 5.73 Å². The molecule has 0 saturated carbocycles. The van der Waals surface area contributed by atoms with Crippen LogP contribution in [0.1, 0.15) is 11.6 Å². The molecule has 0 amide bonds. The van der Waals surface area contributed by atoms with Gasteiger partial charge in [0.25, 0.3) is 0 Å². The van der Waals surface area contributed by atoms with E-state index in [0.717, 1.165) is 21.6 Å². The lowest BCUT2D eigenvalue weighted by molar-refractivity contribution is 0.785. The molecule has 1 aromatic carbocycles. The van der Waals surface area contributed by atoms with Gasteiger partial charge in [-0.05, 0) is 17.0 Å². The van der Waals surface area contributed by atoms with Crippen LogP contribution in [-0.4, -0.2) is 16.5 Å². The first-order chi connectivity index (χ1) is 9.38. The second-order valence-corrected chi connectivity index (χ2v) is 5.10. The molecule has 0 radical (unpaired) electrons. The van der Waals surface area contributed by atoms with Crippen LogP contribution < -0.4 is 11.1 Å². The predicted molar refractivity (Wildman–Crippen MR) is 79.3 cm³/mol. The number of hydrogen-bond donors (Lipinski definition) is 2. The summed E-state index contributed by atoms with van der Waals surface area (Å²) in [6, 6.07) is 12.2. The van der Waals surface area contributed by atoms with Gasteiger partial charge in [0.05, 0.1) is 11.4 Å². The first kappa shape index (κ1) is 12.1. The van der Waals surface area contributed by atoms with Gasteiger partial charge in [-0.3, -0.25) is 0 Å². The molecule has 1 atom stereocenters. The van der Waals surface area contributed by atoms with Crippen molar-refractivity contribution >= 4 is 27.4 Å². The molecule has 96 valence electrons. The molecule has 3 N–H and O–H groups in total. The average Bonchev–Trinajstić information content (AvgIpc) is 2.95. The standard InChI is InChI=1S/C14H14N4S/c15-8-12(10-4-2-1-3-5-10)18-13-11-6-7-19-14(11)17-9-16-13/h1-7,9,12H,8,15H2,(H,16,17,18). The van der Waals surface area contributed by atoms with Crippen LogP contribution in [0.15, 0.2) is 48.1 Å². The third-order valence-corrected chi connectivity index (χ3v) is 3.83. The molecule has 0 aliphatic heterocycles. The summed E-state index contributed by atoms with van der Waals surface area (Å²) in [5.74, 6) is 0.838. The highest BCUT2D eigenvalue weighted by Gasteiger charge is 2.12. The molecule has 4 nitrogen and oxygen atoms in total. The summed E-state index contributed by atoms with van der Waals surface area (Å²) in [7, 11) is 0. The largest absolute Gasteiger partial charge is 0.361 e. The molecule has 19 heavy (non-hydrogen) atoms. The van der Waals surface area contributed by atoms with Crippen molar-refractivity contribution in [1.29, 1.82) is 0 Å². The fraction of sp³-hybridized carbons (Fsp3) is 0.143. The Morgan fingerprint density at radius 2 is 2.00 bits per heavy atom. The molecule has 2 heterocycles. The van der Waals surface area contributed by atoms with Gasteiger partial charge in [-0.1, -0.05) is 30.3 Å². The highest BCUT2D eigenvalue weighted by molar-refractivity contribution is 7.16. The van der Waals surface area contributed by atoms with Gasteiger partial charge in [-0.25, -0.2) is 9.97 Å². The van der Waals surface area contributed by atoms with Gasteiger partial charge in [0.1, 0.15) is 17.0 Å². The first-order valence-corrected chi connectivity index (χ1v) is 6.96. The van der Waals surface area contributed by atoms with Crippen molar-refractivity contribution in [3.8, 4) is 0 Å². The Morgan fingerprint density at radius 3 is 2.79 bits per heavy atom. The maximum Gasteiger partial charge on any atom is 0.138 e. The molecular weight excluding hydrogens is 256 g/mol. The fourth-order valence-electron chi connectivity index (χ4n) is 2.03. The molecule has 3 aromatic rings. The van der Waals surface area contributed by atoms with Gasteiger partial charge in [0, 0.05) is 6.54 Å². The molecule has 0 fully saturated rings. The SMILES string of the molecule is NCC(Nc1ncnc2sccc12)c1ccccc1. The van der Waals surface area contributed by atoms with E-state index < -0.39 is 0 Å². The number of nitrogens with one attached hydrogen (secondary N) is 1. The van der Waals surface area contributed by atoms with E-state index >= 15 is 0 Å². The highest BCUT2D eigenvalue weighted by atomic mass is 32.1. The minimum absolute atomic E-state index is 0.0548. The number of nitrogens with zero attached hydrogens (tertiary/aromatic N) is 2. The zero-order valence-electron chi connectivity index (χ0n) is 10.3. The zero-order valence-corrected chi connectivity index (χ0v) is 11.1. The lowest BCUT2D eigenvalue weighted by Gasteiger charge is -2.18. The van der Waals surface area contributed by atoms with Crippen LogP contribution >= 0.6 is 11.3 Å². The number of thiophene rings is 1. The minimum Gasteiger partial charge on any atom is -0.361 e. The van der Waals surface area contributed by atoms with E-state index in [9.17, 15) is 0 Å². The van der Waals surface area contributed by atoms with Crippen molar-refractivity contribution in [2.24, 2.45) is 5.73 Å². The predicted octanol–water partition coefficient (Wildman–Crippen LogP) is 2.80. The summed E-state index contributed by atoms with van der Waals surface area (Å²) in [5.41, 5.74) is 7.03. The van der Waals surface area contributed by atoms with Crippen LogP contribution in [0, 0.1) is 0 Å². The van der Waals surface area contributed by atoms with E-state index in [2.05, 4.69) is 27.4 Å². The lowest BCUT2D eigenvalue weighted by atomic mass is 10.1. The second kappa shape index (κ2) is 5.34. The van der Waals surface area contributed by atoms with Crippen molar-refractivity contribution < 1.29 is 0 Å². The zero-order chi connectivity index (χ0) is 13.1. The van der Waals surface area contributed by atoms with Crippen molar-refractivity contribution in [2.75, 3.05) is 11.9 Å². The van der Waals surface area contributed by atoms with Crippen LogP contribution in [0.3, 0.4) is 0 Å². The molecule has 0 aliphatic carbocycles. The maximum absolute atomic E-state index is 5.87. The van der Waals surface area contributed by atoms with Gasteiger partial charge < -0.3 is 11.1 Å². The molecule has 0 aliphatic rings. The quantitative estimate of drug-likeness (QED) is 0.765. The first-order valence-electron chi connectivity index (χ1n) is 6.08. The van der Waals surface area contributed by atoms with Gasteiger partial charge in [0.15, 0.2) is 0 Å². The van der Waals surface area contributed by atoms with Crippen LogP contribution in [0.5, 0.6) is 0 Å². The van der Waals surface area contributed by atoms with Crippen molar-refractivity contribution in [2.45, 2.75) is 6.04 Å². The van der Waals surface area contributed by atoms with Gasteiger partial charge in [-0.15, -0.1) is 11.3 Å². The monoisotopic (exact) mass is 270 g/mol. The third kappa shape index (κ3) is 2.43. The average molecular weight is 270 g/mol. The summed E-state index contributed by atoms with van der Waals surface area (Å²) in [4.78, 5) is 9.55. The number of fused-ring (bicyclic) bond motifs is 1. The van der Waals surface area contributed by atoms with Crippen LogP contribution in [0.4, 0.5) is 5.82 Å². The van der Waals surface area contributed by atoms with Crippen LogP contribution in [-0.2, 0) is 0 Å². The smallest absolute Gasteiger partial charge is 0.138 e. The Labute approximate surface area is 115 Å². The topological polar surface area (TPSA) is 63.8 Å².